The lowest BCUT2D eigenvalue weighted by Gasteiger charge is -2.08. The van der Waals surface area contributed by atoms with E-state index in [1.165, 1.54) is 17.7 Å². The van der Waals surface area contributed by atoms with E-state index in [0.29, 0.717) is 5.13 Å². The van der Waals surface area contributed by atoms with E-state index >= 15 is 0 Å². The first kappa shape index (κ1) is 12.7. The molecule has 4 aromatic rings. The predicted molar refractivity (Wildman–Crippen MR) is 88.7 cm³/mol. The number of rotatable bonds is 2. The number of aromatic nitrogens is 3. The van der Waals surface area contributed by atoms with E-state index in [9.17, 15) is 0 Å². The number of nitrogens with zero attached hydrogens (tertiary/aromatic N) is 4. The van der Waals surface area contributed by atoms with Gasteiger partial charge in [-0.3, -0.25) is 0 Å². The number of nitrogens with one attached hydrogen (secondary N) is 1. The Balaban J connectivity index is 1.98. The first-order chi connectivity index (χ1) is 10.8. The van der Waals surface area contributed by atoms with Crippen LogP contribution in [0.4, 0.5) is 16.6 Å². The molecule has 0 aliphatic heterocycles. The summed E-state index contributed by atoms with van der Waals surface area (Å²) in [5.41, 5.74) is 2.59. The third-order valence-corrected chi connectivity index (χ3v) is 4.26. The van der Waals surface area contributed by atoms with Crippen LogP contribution in [0.5, 0.6) is 0 Å². The Kier molecular flexibility index (Phi) is 2.92. The van der Waals surface area contributed by atoms with Crippen LogP contribution in [0.2, 0.25) is 0 Å². The molecule has 0 unspecified atom stereocenters. The van der Waals surface area contributed by atoms with Crippen molar-refractivity contribution in [2.45, 2.75) is 0 Å². The van der Waals surface area contributed by atoms with Gasteiger partial charge in [-0.2, -0.15) is 0 Å². The van der Waals surface area contributed by atoms with Crippen molar-refractivity contribution in [1.29, 1.82) is 0 Å². The number of anilines is 2. The van der Waals surface area contributed by atoms with Crippen LogP contribution in [0.3, 0.4) is 0 Å². The van der Waals surface area contributed by atoms with Crippen LogP contribution in [0.25, 0.3) is 26.0 Å². The average molecular weight is 303 g/mol. The van der Waals surface area contributed by atoms with Gasteiger partial charge in [0.05, 0.1) is 15.6 Å². The standard InChI is InChI=1S/C16H9N5S/c1-17-16-21-12-8-7-11-13(14(12)22-16)15(19-9-18-11)20-10-5-3-2-4-6-10/h2-9H,(H,18,19,20). The van der Waals surface area contributed by atoms with Gasteiger partial charge in [-0.1, -0.05) is 24.8 Å². The molecule has 0 atom stereocenters. The third-order valence-electron chi connectivity index (χ3n) is 3.28. The first-order valence-electron chi connectivity index (χ1n) is 6.59. The van der Waals surface area contributed by atoms with Crippen molar-refractivity contribution in [3.05, 3.63) is 60.2 Å². The lowest BCUT2D eigenvalue weighted by Crippen LogP contribution is -1.95. The van der Waals surface area contributed by atoms with Crippen LogP contribution in [0.15, 0.2) is 48.8 Å². The lowest BCUT2D eigenvalue weighted by molar-refractivity contribution is 1.22. The predicted octanol–water partition coefficient (Wildman–Crippen LogP) is 4.53. The summed E-state index contributed by atoms with van der Waals surface area (Å²) < 4.78 is 0.933. The molecule has 22 heavy (non-hydrogen) atoms. The summed E-state index contributed by atoms with van der Waals surface area (Å²) in [4.78, 5) is 16.4. The van der Waals surface area contributed by atoms with E-state index in [2.05, 4.69) is 25.1 Å². The molecule has 2 aromatic carbocycles. The summed E-state index contributed by atoms with van der Waals surface area (Å²) in [6.07, 6.45) is 1.54. The first-order valence-corrected chi connectivity index (χ1v) is 7.40. The van der Waals surface area contributed by atoms with Gasteiger partial charge in [0, 0.05) is 5.69 Å². The van der Waals surface area contributed by atoms with Gasteiger partial charge in [-0.15, -0.1) is 16.3 Å². The van der Waals surface area contributed by atoms with Gasteiger partial charge in [-0.05, 0) is 24.3 Å². The number of para-hydroxylation sites is 1. The highest BCUT2D eigenvalue weighted by molar-refractivity contribution is 7.23. The largest absolute Gasteiger partial charge is 0.351 e. The Hall–Kier alpha value is -3.04. The second-order valence-corrected chi connectivity index (χ2v) is 5.61. The third kappa shape index (κ3) is 2.05. The Morgan fingerprint density at radius 3 is 2.64 bits per heavy atom. The van der Waals surface area contributed by atoms with Crippen LogP contribution in [-0.2, 0) is 0 Å². The maximum Gasteiger partial charge on any atom is 0.330 e. The van der Waals surface area contributed by atoms with Crippen molar-refractivity contribution >= 4 is 49.1 Å². The molecule has 0 saturated heterocycles. The van der Waals surface area contributed by atoms with Crippen LogP contribution < -0.4 is 5.32 Å². The van der Waals surface area contributed by atoms with E-state index in [1.807, 2.05) is 42.5 Å². The molecule has 4 rings (SSSR count). The number of thiazole rings is 1. The minimum absolute atomic E-state index is 0.428. The van der Waals surface area contributed by atoms with Gasteiger partial charge < -0.3 is 10.2 Å². The SMILES string of the molecule is [C-]#[N+]c1nc2ccc3ncnc(Nc4ccccc4)c3c2s1. The van der Waals surface area contributed by atoms with Crippen molar-refractivity contribution in [1.82, 2.24) is 15.0 Å². The summed E-state index contributed by atoms with van der Waals surface area (Å²) >= 11 is 1.37. The highest BCUT2D eigenvalue weighted by Crippen LogP contribution is 2.36. The fourth-order valence-electron chi connectivity index (χ4n) is 2.32. The summed E-state index contributed by atoms with van der Waals surface area (Å²) in [5.74, 6) is 0.724. The lowest BCUT2D eigenvalue weighted by atomic mass is 10.2. The molecule has 6 heteroatoms. The van der Waals surface area contributed by atoms with E-state index in [4.69, 9.17) is 6.57 Å². The zero-order chi connectivity index (χ0) is 14.9. The van der Waals surface area contributed by atoms with Gasteiger partial charge in [-0.25, -0.2) is 9.97 Å². The van der Waals surface area contributed by atoms with Crippen molar-refractivity contribution in [2.75, 3.05) is 5.32 Å². The Morgan fingerprint density at radius 2 is 1.82 bits per heavy atom. The molecule has 2 heterocycles. The number of fused-ring (bicyclic) bond motifs is 3. The molecular weight excluding hydrogens is 294 g/mol. The molecule has 104 valence electrons. The zero-order valence-electron chi connectivity index (χ0n) is 11.3. The molecule has 2 aromatic heterocycles. The van der Waals surface area contributed by atoms with E-state index < -0.39 is 0 Å². The minimum atomic E-state index is 0.428. The Morgan fingerprint density at radius 1 is 1.00 bits per heavy atom. The van der Waals surface area contributed by atoms with Crippen LogP contribution >= 0.6 is 11.3 Å². The Bertz CT molecular complexity index is 1020. The van der Waals surface area contributed by atoms with Gasteiger partial charge in [0.15, 0.2) is 5.52 Å². The van der Waals surface area contributed by atoms with Gasteiger partial charge in [0.25, 0.3) is 0 Å². The average Bonchev–Trinajstić information content (AvgIpc) is 2.99. The van der Waals surface area contributed by atoms with Crippen molar-refractivity contribution in [3.63, 3.8) is 0 Å². The molecule has 0 spiro atoms. The maximum absolute atomic E-state index is 7.14. The monoisotopic (exact) mass is 303 g/mol. The zero-order valence-corrected chi connectivity index (χ0v) is 12.1. The van der Waals surface area contributed by atoms with E-state index in [-0.39, 0.29) is 0 Å². The number of hydrogen-bond acceptors (Lipinski definition) is 5. The normalized spacial score (nSPS) is 10.7. The van der Waals surface area contributed by atoms with E-state index in [0.717, 1.165) is 32.6 Å². The molecule has 0 fully saturated rings. The van der Waals surface area contributed by atoms with Crippen molar-refractivity contribution in [3.8, 4) is 0 Å². The molecule has 0 bridgehead atoms. The highest BCUT2D eigenvalue weighted by atomic mass is 32.1. The topological polar surface area (TPSA) is 55.1 Å². The second-order valence-electron chi connectivity index (χ2n) is 4.63. The second kappa shape index (κ2) is 5.06. The number of benzene rings is 2. The molecular formula is C16H9N5S. The van der Waals surface area contributed by atoms with Crippen LogP contribution in [-0.4, -0.2) is 15.0 Å². The van der Waals surface area contributed by atoms with Gasteiger partial charge in [0.1, 0.15) is 12.1 Å². The number of hydrogen-bond donors (Lipinski definition) is 1. The fraction of sp³-hybridized carbons (Fsp3) is 0. The molecule has 1 N–H and O–H groups in total. The van der Waals surface area contributed by atoms with Gasteiger partial charge >= 0.3 is 5.13 Å². The van der Waals surface area contributed by atoms with Gasteiger partial charge in [0.2, 0.25) is 0 Å². The summed E-state index contributed by atoms with van der Waals surface area (Å²) in [6.45, 7) is 7.14. The maximum atomic E-state index is 7.14. The molecule has 0 aliphatic rings. The smallest absolute Gasteiger partial charge is 0.330 e. The highest BCUT2D eigenvalue weighted by Gasteiger charge is 2.14. The fourth-order valence-corrected chi connectivity index (χ4v) is 3.21. The molecule has 0 radical (unpaired) electrons. The summed E-state index contributed by atoms with van der Waals surface area (Å²) in [6, 6.07) is 13.6. The molecule has 0 aliphatic carbocycles. The van der Waals surface area contributed by atoms with E-state index in [1.54, 1.807) is 0 Å². The molecule has 0 amide bonds. The van der Waals surface area contributed by atoms with Crippen molar-refractivity contribution in [2.24, 2.45) is 0 Å². The summed E-state index contributed by atoms with van der Waals surface area (Å²) in [5, 5.41) is 4.64. The summed E-state index contributed by atoms with van der Waals surface area (Å²) in [7, 11) is 0. The Labute approximate surface area is 130 Å². The van der Waals surface area contributed by atoms with Crippen LogP contribution in [0, 0.1) is 6.57 Å². The molecule has 5 nitrogen and oxygen atoms in total. The molecule has 0 saturated carbocycles. The van der Waals surface area contributed by atoms with Crippen LogP contribution in [0.1, 0.15) is 0 Å². The van der Waals surface area contributed by atoms with Crippen molar-refractivity contribution < 1.29 is 0 Å². The minimum Gasteiger partial charge on any atom is -0.351 e. The quantitative estimate of drug-likeness (QED) is 0.553.